The molecule has 4 aromatic heterocycles. The van der Waals surface area contributed by atoms with Crippen molar-refractivity contribution in [3.05, 3.63) is 105 Å². The topological polar surface area (TPSA) is 130 Å². The molecule has 2 aliphatic carbocycles. The molecule has 0 aromatic carbocycles. The summed E-state index contributed by atoms with van der Waals surface area (Å²) in [5.41, 5.74) is 8.10. The van der Waals surface area contributed by atoms with E-state index >= 15 is 0 Å². The van der Waals surface area contributed by atoms with Crippen LogP contribution in [-0.2, 0) is 15.1 Å². The Morgan fingerprint density at radius 1 is 0.822 bits per heavy atom. The van der Waals surface area contributed by atoms with Crippen LogP contribution in [0, 0.1) is 19.3 Å². The molecule has 2 aliphatic heterocycles. The average molecular weight is 601 g/mol. The maximum atomic E-state index is 14.3. The predicted molar refractivity (Wildman–Crippen MR) is 170 cm³/mol. The summed E-state index contributed by atoms with van der Waals surface area (Å²) < 4.78 is 2.02. The van der Waals surface area contributed by atoms with Crippen molar-refractivity contribution in [2.24, 2.45) is 5.41 Å². The Kier molecular flexibility index (Phi) is 5.88. The Morgan fingerprint density at radius 3 is 2.33 bits per heavy atom. The number of hydrogen-bond acceptors (Lipinski definition) is 8. The van der Waals surface area contributed by atoms with Gasteiger partial charge in [-0.15, -0.1) is 0 Å². The molecule has 8 rings (SSSR count). The lowest BCUT2D eigenvalue weighted by Crippen LogP contribution is -2.42. The molecule has 45 heavy (non-hydrogen) atoms. The van der Waals surface area contributed by atoms with E-state index in [4.69, 9.17) is 5.10 Å². The minimum absolute atomic E-state index is 0.0622. The standard InChI is InChI=1S/C35H36N8O2/c1-18-26-31(21-10-6-7-12-37-21)30-23(38-32(26)41-40-18)14-35(5,16-25(30)45)43-19(2)27-28(20-9-8-11-36-17-20)29-22(39-33(27)42-43)13-34(3,4)15-24(29)44/h6-12,17,28,31H,13-16H2,1-5H3,(H,39,42)(H2,38,40,41). The Morgan fingerprint density at radius 2 is 1.58 bits per heavy atom. The molecule has 10 heteroatoms. The fraction of sp³-hybridized carbons (Fsp3) is 0.371. The number of aromatic amines is 1. The van der Waals surface area contributed by atoms with Crippen LogP contribution in [0.2, 0.25) is 0 Å². The van der Waals surface area contributed by atoms with E-state index in [0.29, 0.717) is 12.8 Å². The van der Waals surface area contributed by atoms with Crippen molar-refractivity contribution in [2.75, 3.05) is 10.6 Å². The van der Waals surface area contributed by atoms with Crippen LogP contribution in [0.3, 0.4) is 0 Å². The summed E-state index contributed by atoms with van der Waals surface area (Å²) >= 11 is 0. The van der Waals surface area contributed by atoms with Gasteiger partial charge in [-0.3, -0.25) is 29.3 Å². The van der Waals surface area contributed by atoms with Gasteiger partial charge in [0.2, 0.25) is 0 Å². The van der Waals surface area contributed by atoms with Gasteiger partial charge in [0.25, 0.3) is 0 Å². The van der Waals surface area contributed by atoms with Crippen molar-refractivity contribution in [3.63, 3.8) is 0 Å². The molecule has 3 N–H and O–H groups in total. The van der Waals surface area contributed by atoms with Crippen molar-refractivity contribution >= 4 is 23.2 Å². The number of nitrogens with one attached hydrogen (secondary N) is 3. The second kappa shape index (κ2) is 9.57. The maximum absolute atomic E-state index is 14.3. The molecule has 0 saturated carbocycles. The zero-order valence-corrected chi connectivity index (χ0v) is 26.2. The number of rotatable bonds is 3. The number of carbonyl (C=O) groups is 2. The van der Waals surface area contributed by atoms with Crippen LogP contribution in [0.4, 0.5) is 11.6 Å². The van der Waals surface area contributed by atoms with Crippen LogP contribution in [0.15, 0.2) is 71.5 Å². The first-order valence-electron chi connectivity index (χ1n) is 15.6. The smallest absolute Gasteiger partial charge is 0.164 e. The van der Waals surface area contributed by atoms with Crippen molar-refractivity contribution in [1.82, 2.24) is 29.9 Å². The second-order valence-corrected chi connectivity index (χ2v) is 14.0. The van der Waals surface area contributed by atoms with Gasteiger partial charge >= 0.3 is 0 Å². The third-order valence-corrected chi connectivity index (χ3v) is 10.0. The lowest BCUT2D eigenvalue weighted by Gasteiger charge is -2.40. The fourth-order valence-corrected chi connectivity index (χ4v) is 8.19. The molecule has 0 bridgehead atoms. The number of allylic oxidation sites excluding steroid dienone is 4. The van der Waals surface area contributed by atoms with Crippen molar-refractivity contribution in [2.45, 2.75) is 77.7 Å². The van der Waals surface area contributed by atoms with Crippen LogP contribution in [0.25, 0.3) is 0 Å². The molecule has 10 nitrogen and oxygen atoms in total. The monoisotopic (exact) mass is 600 g/mol. The highest BCUT2D eigenvalue weighted by Crippen LogP contribution is 2.52. The number of carbonyl (C=O) groups excluding carboxylic acids is 2. The largest absolute Gasteiger partial charge is 0.342 e. The summed E-state index contributed by atoms with van der Waals surface area (Å²) in [6, 6.07) is 9.78. The number of ketones is 2. The Hall–Kier alpha value is -4.86. The molecule has 3 unspecified atom stereocenters. The maximum Gasteiger partial charge on any atom is 0.164 e. The Labute approximate surface area is 261 Å². The van der Waals surface area contributed by atoms with Crippen LogP contribution in [-0.4, -0.2) is 41.5 Å². The molecule has 4 aromatic rings. The quantitative estimate of drug-likeness (QED) is 0.269. The summed E-state index contributed by atoms with van der Waals surface area (Å²) in [4.78, 5) is 37.2. The normalized spacial score (nSPS) is 25.2. The average Bonchev–Trinajstić information content (AvgIpc) is 3.54. The molecule has 0 radical (unpaired) electrons. The van der Waals surface area contributed by atoms with Crippen LogP contribution in [0.1, 0.15) is 92.1 Å². The molecule has 0 fully saturated rings. The van der Waals surface area contributed by atoms with E-state index in [1.54, 1.807) is 12.4 Å². The lowest BCUT2D eigenvalue weighted by molar-refractivity contribution is -0.119. The first kappa shape index (κ1) is 27.7. The van der Waals surface area contributed by atoms with E-state index in [1.165, 1.54) is 0 Å². The fourth-order valence-electron chi connectivity index (χ4n) is 8.19. The van der Waals surface area contributed by atoms with Gasteiger partial charge in [-0.2, -0.15) is 10.2 Å². The van der Waals surface area contributed by atoms with Crippen molar-refractivity contribution in [1.29, 1.82) is 0 Å². The predicted octanol–water partition coefficient (Wildman–Crippen LogP) is 5.80. The van der Waals surface area contributed by atoms with E-state index < -0.39 is 5.54 Å². The first-order chi connectivity index (χ1) is 21.5. The van der Waals surface area contributed by atoms with Gasteiger partial charge in [0.1, 0.15) is 0 Å². The van der Waals surface area contributed by atoms with Gasteiger partial charge in [-0.05, 0) is 56.4 Å². The van der Waals surface area contributed by atoms with Crippen molar-refractivity contribution in [3.8, 4) is 0 Å². The first-order valence-corrected chi connectivity index (χ1v) is 15.6. The Bertz CT molecular complexity index is 1970. The number of hydrogen-bond donors (Lipinski definition) is 3. The molecule has 0 amide bonds. The summed E-state index contributed by atoms with van der Waals surface area (Å²) in [6.45, 7) is 10.4. The Balaban J connectivity index is 1.25. The molecule has 228 valence electrons. The van der Waals surface area contributed by atoms with Crippen LogP contribution in [0.5, 0.6) is 0 Å². The number of aryl methyl sites for hydroxylation is 1. The number of fused-ring (bicyclic) bond motifs is 2. The van der Waals surface area contributed by atoms with E-state index in [-0.39, 0.29) is 35.2 Å². The highest BCUT2D eigenvalue weighted by atomic mass is 16.1. The minimum atomic E-state index is -0.660. The molecule has 6 heterocycles. The molecular weight excluding hydrogens is 564 g/mol. The molecular formula is C35H36N8O2. The number of anilines is 2. The number of H-pyrrole nitrogens is 1. The number of nitrogens with zero attached hydrogens (tertiary/aromatic N) is 5. The van der Waals surface area contributed by atoms with Gasteiger partial charge in [0.15, 0.2) is 23.2 Å². The van der Waals surface area contributed by atoms with Gasteiger partial charge in [-0.25, -0.2) is 0 Å². The van der Waals surface area contributed by atoms with Crippen LogP contribution < -0.4 is 10.6 Å². The lowest BCUT2D eigenvalue weighted by atomic mass is 9.69. The molecule has 0 saturated heterocycles. The second-order valence-electron chi connectivity index (χ2n) is 14.0. The van der Waals surface area contributed by atoms with E-state index in [1.807, 2.05) is 48.1 Å². The van der Waals surface area contributed by atoms with E-state index in [9.17, 15) is 9.59 Å². The van der Waals surface area contributed by atoms with Gasteiger partial charge in [0, 0.05) is 88.8 Å². The van der Waals surface area contributed by atoms with E-state index in [2.05, 4.69) is 58.5 Å². The number of pyridine rings is 2. The van der Waals surface area contributed by atoms with Gasteiger partial charge < -0.3 is 10.6 Å². The highest BCUT2D eigenvalue weighted by Gasteiger charge is 2.48. The molecule has 0 spiro atoms. The third-order valence-electron chi connectivity index (χ3n) is 10.0. The van der Waals surface area contributed by atoms with Crippen LogP contribution >= 0.6 is 0 Å². The third kappa shape index (κ3) is 4.14. The van der Waals surface area contributed by atoms with Crippen molar-refractivity contribution < 1.29 is 9.59 Å². The summed E-state index contributed by atoms with van der Waals surface area (Å²) in [5, 5.41) is 20.0. The molecule has 4 aliphatic rings. The van der Waals surface area contributed by atoms with E-state index in [0.717, 1.165) is 74.4 Å². The summed E-state index contributed by atoms with van der Waals surface area (Å²) in [5.74, 6) is 1.11. The zero-order valence-electron chi connectivity index (χ0n) is 26.2. The highest BCUT2D eigenvalue weighted by molar-refractivity contribution is 6.02. The van der Waals surface area contributed by atoms with Gasteiger partial charge in [-0.1, -0.05) is 26.0 Å². The number of aromatic nitrogens is 6. The minimum Gasteiger partial charge on any atom is -0.342 e. The SMILES string of the molecule is Cc1[nH]nc2c1C(c1ccccn1)C1=C(CC(C)(n3nc4c(c3C)C(c3cccnc3)C3=C(CC(C)(C)CC3=O)N4)CC1=O)N2. The molecule has 3 atom stereocenters. The zero-order chi connectivity index (χ0) is 31.2. The van der Waals surface area contributed by atoms with Gasteiger partial charge in [0.05, 0.1) is 17.2 Å². The summed E-state index contributed by atoms with van der Waals surface area (Å²) in [7, 11) is 0. The number of Topliss-reactive ketones (excluding diaryl/α,β-unsaturated/α-hetero) is 2. The summed E-state index contributed by atoms with van der Waals surface area (Å²) in [6.07, 6.45) is 7.46.